The SMILES string of the molecule is CC1Cc2cccc3c(O)c(C(=O)Nc4ccc(Cl)cc4Cl)c(=O)n1c23. The zero-order valence-corrected chi connectivity index (χ0v) is 15.2. The molecular formula is C19H14Cl2N2O3. The van der Waals surface area contributed by atoms with Crippen LogP contribution in [-0.2, 0) is 6.42 Å². The Kier molecular flexibility index (Phi) is 3.93. The van der Waals surface area contributed by atoms with Gasteiger partial charge in [0.05, 0.1) is 16.2 Å². The highest BCUT2D eigenvalue weighted by molar-refractivity contribution is 6.36. The van der Waals surface area contributed by atoms with Gasteiger partial charge in [0.25, 0.3) is 11.5 Å². The van der Waals surface area contributed by atoms with Gasteiger partial charge in [0.1, 0.15) is 11.3 Å². The predicted molar refractivity (Wildman–Crippen MR) is 103 cm³/mol. The lowest BCUT2D eigenvalue weighted by atomic mass is 10.1. The number of carbonyl (C=O) groups is 1. The van der Waals surface area contributed by atoms with Crippen LogP contribution in [0.4, 0.5) is 5.69 Å². The molecule has 0 spiro atoms. The summed E-state index contributed by atoms with van der Waals surface area (Å²) in [7, 11) is 0. The number of halogens is 2. The molecule has 26 heavy (non-hydrogen) atoms. The molecule has 5 nitrogen and oxygen atoms in total. The molecule has 0 saturated heterocycles. The number of aromatic nitrogens is 1. The number of hydrogen-bond acceptors (Lipinski definition) is 3. The number of pyridine rings is 1. The van der Waals surface area contributed by atoms with Crippen molar-refractivity contribution in [1.82, 2.24) is 4.57 Å². The molecule has 0 fully saturated rings. The fourth-order valence-electron chi connectivity index (χ4n) is 3.50. The summed E-state index contributed by atoms with van der Waals surface area (Å²) in [6.07, 6.45) is 0.681. The maximum Gasteiger partial charge on any atom is 0.268 e. The van der Waals surface area contributed by atoms with Gasteiger partial charge in [-0.2, -0.15) is 0 Å². The predicted octanol–water partition coefficient (Wildman–Crippen LogP) is 4.38. The number of para-hydroxylation sites is 1. The molecule has 1 aromatic heterocycles. The van der Waals surface area contributed by atoms with E-state index in [9.17, 15) is 14.7 Å². The van der Waals surface area contributed by atoms with Gasteiger partial charge in [0, 0.05) is 16.5 Å². The number of carbonyl (C=O) groups excluding carboxylic acids is 1. The summed E-state index contributed by atoms with van der Waals surface area (Å²) in [6.45, 7) is 1.91. The average Bonchev–Trinajstić information content (AvgIpc) is 2.92. The fraction of sp³-hybridized carbons (Fsp3) is 0.158. The van der Waals surface area contributed by atoms with Crippen LogP contribution < -0.4 is 10.9 Å². The Hall–Kier alpha value is -2.50. The van der Waals surface area contributed by atoms with Crippen LogP contribution in [0, 0.1) is 0 Å². The third-order valence-electron chi connectivity index (χ3n) is 4.65. The molecule has 1 aliphatic heterocycles. The summed E-state index contributed by atoms with van der Waals surface area (Å²) in [4.78, 5) is 25.7. The summed E-state index contributed by atoms with van der Waals surface area (Å²) in [5, 5.41) is 14.4. The van der Waals surface area contributed by atoms with Gasteiger partial charge in [-0.05, 0) is 43.2 Å². The van der Waals surface area contributed by atoms with Gasteiger partial charge >= 0.3 is 0 Å². The highest BCUT2D eigenvalue weighted by atomic mass is 35.5. The van der Waals surface area contributed by atoms with Crippen LogP contribution >= 0.6 is 23.2 Å². The zero-order chi connectivity index (χ0) is 18.6. The largest absolute Gasteiger partial charge is 0.506 e. The van der Waals surface area contributed by atoms with Crippen molar-refractivity contribution in [3.8, 4) is 5.75 Å². The average molecular weight is 389 g/mol. The van der Waals surface area contributed by atoms with Crippen LogP contribution in [0.25, 0.3) is 10.9 Å². The second-order valence-electron chi connectivity index (χ2n) is 6.34. The zero-order valence-electron chi connectivity index (χ0n) is 13.7. The van der Waals surface area contributed by atoms with Crippen molar-refractivity contribution in [2.45, 2.75) is 19.4 Å². The van der Waals surface area contributed by atoms with E-state index in [1.807, 2.05) is 19.1 Å². The van der Waals surface area contributed by atoms with Crippen molar-refractivity contribution in [3.05, 3.63) is 67.9 Å². The summed E-state index contributed by atoms with van der Waals surface area (Å²) in [5.74, 6) is -1.04. The van der Waals surface area contributed by atoms with E-state index in [2.05, 4.69) is 5.32 Å². The molecule has 2 N–H and O–H groups in total. The number of aromatic hydroxyl groups is 1. The van der Waals surface area contributed by atoms with E-state index < -0.39 is 11.5 Å². The normalized spacial score (nSPS) is 15.4. The van der Waals surface area contributed by atoms with Gasteiger partial charge in [-0.1, -0.05) is 35.3 Å². The molecule has 0 radical (unpaired) electrons. The van der Waals surface area contributed by atoms with Crippen LogP contribution in [0.1, 0.15) is 28.9 Å². The minimum absolute atomic E-state index is 0.0892. The number of hydrogen-bond donors (Lipinski definition) is 2. The number of nitrogens with zero attached hydrogens (tertiary/aromatic N) is 1. The summed E-state index contributed by atoms with van der Waals surface area (Å²) in [5.41, 5.74) is 1.16. The molecular weight excluding hydrogens is 375 g/mol. The van der Waals surface area contributed by atoms with Gasteiger partial charge in [0.2, 0.25) is 0 Å². The van der Waals surface area contributed by atoms with Crippen LogP contribution in [-0.4, -0.2) is 15.6 Å². The Labute approximate surface area is 158 Å². The molecule has 1 aliphatic rings. The molecule has 3 aromatic rings. The van der Waals surface area contributed by atoms with E-state index in [0.717, 1.165) is 5.56 Å². The van der Waals surface area contributed by atoms with E-state index in [-0.39, 0.29) is 22.4 Å². The molecule has 2 heterocycles. The maximum absolute atomic E-state index is 12.9. The number of rotatable bonds is 2. The molecule has 1 unspecified atom stereocenters. The quantitative estimate of drug-likeness (QED) is 0.683. The highest BCUT2D eigenvalue weighted by Crippen LogP contribution is 2.36. The van der Waals surface area contributed by atoms with E-state index in [1.54, 1.807) is 16.7 Å². The van der Waals surface area contributed by atoms with E-state index in [0.29, 0.717) is 28.0 Å². The van der Waals surface area contributed by atoms with Crippen molar-refractivity contribution in [3.63, 3.8) is 0 Å². The summed E-state index contributed by atoms with van der Waals surface area (Å²) in [6, 6.07) is 9.95. The van der Waals surface area contributed by atoms with Gasteiger partial charge in [-0.25, -0.2) is 0 Å². The molecule has 1 amide bonds. The van der Waals surface area contributed by atoms with Crippen LogP contribution in [0.15, 0.2) is 41.2 Å². The van der Waals surface area contributed by atoms with Crippen LogP contribution in [0.3, 0.4) is 0 Å². The van der Waals surface area contributed by atoms with Crippen LogP contribution in [0.5, 0.6) is 5.75 Å². The Morgan fingerprint density at radius 3 is 2.77 bits per heavy atom. The maximum atomic E-state index is 12.9. The van der Waals surface area contributed by atoms with Crippen LogP contribution in [0.2, 0.25) is 10.0 Å². The smallest absolute Gasteiger partial charge is 0.268 e. The first-order valence-electron chi connectivity index (χ1n) is 8.04. The van der Waals surface area contributed by atoms with E-state index >= 15 is 0 Å². The first kappa shape index (κ1) is 16.9. The third kappa shape index (κ3) is 2.47. The minimum atomic E-state index is -0.716. The van der Waals surface area contributed by atoms with Crippen molar-refractivity contribution >= 4 is 45.7 Å². The lowest BCUT2D eigenvalue weighted by Gasteiger charge is -2.14. The van der Waals surface area contributed by atoms with Gasteiger partial charge < -0.3 is 15.0 Å². The minimum Gasteiger partial charge on any atom is -0.506 e. The molecule has 7 heteroatoms. The Morgan fingerprint density at radius 2 is 2.04 bits per heavy atom. The van der Waals surface area contributed by atoms with Gasteiger partial charge in [0.15, 0.2) is 0 Å². The molecule has 2 aromatic carbocycles. The summed E-state index contributed by atoms with van der Waals surface area (Å²) < 4.78 is 1.57. The lowest BCUT2D eigenvalue weighted by molar-refractivity contribution is 0.102. The molecule has 132 valence electrons. The van der Waals surface area contributed by atoms with Crippen molar-refractivity contribution in [2.75, 3.05) is 5.32 Å². The second-order valence-corrected chi connectivity index (χ2v) is 7.19. The number of nitrogens with one attached hydrogen (secondary N) is 1. The van der Waals surface area contributed by atoms with Crippen molar-refractivity contribution in [2.24, 2.45) is 0 Å². The Morgan fingerprint density at radius 1 is 1.27 bits per heavy atom. The first-order valence-corrected chi connectivity index (χ1v) is 8.79. The topological polar surface area (TPSA) is 71.3 Å². The lowest BCUT2D eigenvalue weighted by Crippen LogP contribution is -2.30. The molecule has 0 aliphatic carbocycles. The van der Waals surface area contributed by atoms with Gasteiger partial charge in [-0.15, -0.1) is 0 Å². The fourth-order valence-corrected chi connectivity index (χ4v) is 3.96. The van der Waals surface area contributed by atoms with Gasteiger partial charge in [-0.3, -0.25) is 9.59 Å². The molecule has 4 rings (SSSR count). The Balaban J connectivity index is 1.88. The second kappa shape index (κ2) is 6.04. The molecule has 0 bridgehead atoms. The Bertz CT molecular complexity index is 1140. The number of benzene rings is 2. The number of anilines is 1. The van der Waals surface area contributed by atoms with E-state index in [4.69, 9.17) is 23.2 Å². The highest BCUT2D eigenvalue weighted by Gasteiger charge is 2.29. The number of amides is 1. The first-order chi connectivity index (χ1) is 12.4. The van der Waals surface area contributed by atoms with Crippen molar-refractivity contribution in [1.29, 1.82) is 0 Å². The third-order valence-corrected chi connectivity index (χ3v) is 5.20. The van der Waals surface area contributed by atoms with Crippen molar-refractivity contribution < 1.29 is 9.90 Å². The molecule has 0 saturated carbocycles. The van der Waals surface area contributed by atoms with E-state index in [1.165, 1.54) is 12.1 Å². The standard InChI is InChI=1S/C19H14Cl2N2O3/c1-9-7-10-3-2-4-12-16(10)23(9)19(26)15(17(12)24)18(25)22-14-6-5-11(20)8-13(14)21/h2-6,8-9,24H,7H2,1H3,(H,22,25). The molecule has 1 atom stereocenters. The summed E-state index contributed by atoms with van der Waals surface area (Å²) >= 11 is 11.9. The monoisotopic (exact) mass is 388 g/mol.